The van der Waals surface area contributed by atoms with Crippen molar-refractivity contribution in [3.05, 3.63) is 0 Å². The third kappa shape index (κ3) is 8.72. The van der Waals surface area contributed by atoms with Crippen LogP contribution in [0, 0.1) is 11.3 Å². The third-order valence-electron chi connectivity index (χ3n) is 1.97. The van der Waals surface area contributed by atoms with Gasteiger partial charge in [-0.3, -0.25) is 4.89 Å². The van der Waals surface area contributed by atoms with Crippen molar-refractivity contribution in [1.29, 1.82) is 0 Å². The fraction of sp³-hybridized carbons (Fsp3) is 0.923. The van der Waals surface area contributed by atoms with Gasteiger partial charge in [0.2, 0.25) is 0 Å². The topological polar surface area (TPSA) is 35.5 Å². The van der Waals surface area contributed by atoms with Crippen LogP contribution in [0.3, 0.4) is 0 Å². The fourth-order valence-corrected chi connectivity index (χ4v) is 1.77. The van der Waals surface area contributed by atoms with Crippen LogP contribution in [-0.4, -0.2) is 11.6 Å². The molecule has 0 spiro atoms. The van der Waals surface area contributed by atoms with Crippen LogP contribution in [-0.2, 0) is 14.6 Å². The molecule has 0 aromatic carbocycles. The quantitative estimate of drug-likeness (QED) is 0.533. The first-order valence-electron chi connectivity index (χ1n) is 5.90. The Labute approximate surface area is 99.4 Å². The van der Waals surface area contributed by atoms with E-state index < -0.39 is 5.60 Å². The molecular formula is C13H26O3. The first kappa shape index (κ1) is 15.4. The van der Waals surface area contributed by atoms with Crippen LogP contribution in [0.5, 0.6) is 0 Å². The molecular weight excluding hydrogens is 204 g/mol. The largest absolute Gasteiger partial charge is 0.342 e. The van der Waals surface area contributed by atoms with Crippen LogP contribution >= 0.6 is 0 Å². The summed E-state index contributed by atoms with van der Waals surface area (Å²) in [5, 5.41) is 0. The predicted octanol–water partition coefficient (Wildman–Crippen LogP) is 3.72. The Bertz CT molecular complexity index is 224. The summed E-state index contributed by atoms with van der Waals surface area (Å²) in [5.74, 6) is 0.284. The maximum atomic E-state index is 11.5. The fourth-order valence-electron chi connectivity index (χ4n) is 1.77. The van der Waals surface area contributed by atoms with Gasteiger partial charge in [-0.1, -0.05) is 27.7 Å². The van der Waals surface area contributed by atoms with E-state index in [-0.39, 0.29) is 11.4 Å². The minimum absolute atomic E-state index is 0.0352. The van der Waals surface area contributed by atoms with Gasteiger partial charge in [0.15, 0.2) is 0 Å². The highest BCUT2D eigenvalue weighted by atomic mass is 17.2. The molecule has 0 aliphatic heterocycles. The average molecular weight is 230 g/mol. The SMILES string of the molecule is CC(C)CC(C)(C)CC(=O)OOC(C)(C)C. The molecule has 0 bridgehead atoms. The highest BCUT2D eigenvalue weighted by Gasteiger charge is 2.25. The predicted molar refractivity (Wildman–Crippen MR) is 64.8 cm³/mol. The van der Waals surface area contributed by atoms with E-state index in [4.69, 9.17) is 9.78 Å². The van der Waals surface area contributed by atoms with Crippen molar-refractivity contribution < 1.29 is 14.6 Å². The normalized spacial score (nSPS) is 13.0. The second-order valence-electron chi connectivity index (χ2n) is 6.59. The minimum atomic E-state index is -0.447. The Morgan fingerprint density at radius 3 is 2.00 bits per heavy atom. The van der Waals surface area contributed by atoms with Crippen molar-refractivity contribution >= 4 is 5.97 Å². The Morgan fingerprint density at radius 2 is 1.62 bits per heavy atom. The molecule has 3 heteroatoms. The lowest BCUT2D eigenvalue weighted by molar-refractivity contribution is -0.321. The lowest BCUT2D eigenvalue weighted by Crippen LogP contribution is -2.25. The Hall–Kier alpha value is -0.570. The second kappa shape index (κ2) is 5.67. The van der Waals surface area contributed by atoms with Crippen molar-refractivity contribution in [1.82, 2.24) is 0 Å². The molecule has 0 aromatic rings. The van der Waals surface area contributed by atoms with E-state index in [1.165, 1.54) is 0 Å². The van der Waals surface area contributed by atoms with Crippen LogP contribution in [0.15, 0.2) is 0 Å². The van der Waals surface area contributed by atoms with Gasteiger partial charge in [-0.25, -0.2) is 4.79 Å². The monoisotopic (exact) mass is 230 g/mol. The van der Waals surface area contributed by atoms with Gasteiger partial charge in [-0.05, 0) is 38.5 Å². The zero-order chi connectivity index (χ0) is 13.0. The summed E-state index contributed by atoms with van der Waals surface area (Å²) in [5.41, 5.74) is -0.482. The van der Waals surface area contributed by atoms with E-state index in [0.29, 0.717) is 12.3 Å². The van der Waals surface area contributed by atoms with Gasteiger partial charge in [0.1, 0.15) is 5.60 Å². The summed E-state index contributed by atoms with van der Waals surface area (Å²) in [6, 6.07) is 0. The van der Waals surface area contributed by atoms with Gasteiger partial charge in [-0.15, -0.1) is 0 Å². The number of rotatable bonds is 5. The number of carbonyl (C=O) groups is 1. The molecule has 0 radical (unpaired) electrons. The first-order valence-corrected chi connectivity index (χ1v) is 5.90. The molecule has 0 fully saturated rings. The van der Waals surface area contributed by atoms with Gasteiger partial charge in [0, 0.05) is 0 Å². The van der Waals surface area contributed by atoms with Gasteiger partial charge < -0.3 is 0 Å². The minimum Gasteiger partial charge on any atom is -0.298 e. The zero-order valence-corrected chi connectivity index (χ0v) is 11.7. The maximum Gasteiger partial charge on any atom is 0.342 e. The van der Waals surface area contributed by atoms with E-state index in [0.717, 1.165) is 6.42 Å². The Morgan fingerprint density at radius 1 is 1.12 bits per heavy atom. The second-order valence-corrected chi connectivity index (χ2v) is 6.59. The van der Waals surface area contributed by atoms with Crippen LogP contribution < -0.4 is 0 Å². The summed E-state index contributed by atoms with van der Waals surface area (Å²) in [7, 11) is 0. The summed E-state index contributed by atoms with van der Waals surface area (Å²) < 4.78 is 0. The maximum absolute atomic E-state index is 11.5. The highest BCUT2D eigenvalue weighted by molar-refractivity contribution is 5.69. The van der Waals surface area contributed by atoms with Crippen molar-refractivity contribution in [2.24, 2.45) is 11.3 Å². The molecule has 0 aromatic heterocycles. The van der Waals surface area contributed by atoms with Crippen LogP contribution in [0.4, 0.5) is 0 Å². The zero-order valence-electron chi connectivity index (χ0n) is 11.7. The molecule has 0 atom stereocenters. The molecule has 16 heavy (non-hydrogen) atoms. The van der Waals surface area contributed by atoms with Crippen molar-refractivity contribution in [3.8, 4) is 0 Å². The van der Waals surface area contributed by atoms with E-state index in [1.54, 1.807) is 0 Å². The lowest BCUT2D eigenvalue weighted by atomic mass is 9.81. The van der Waals surface area contributed by atoms with Crippen LogP contribution in [0.2, 0.25) is 0 Å². The molecule has 0 amide bonds. The Balaban J connectivity index is 4.04. The molecule has 0 aliphatic rings. The van der Waals surface area contributed by atoms with E-state index >= 15 is 0 Å². The third-order valence-corrected chi connectivity index (χ3v) is 1.97. The van der Waals surface area contributed by atoms with E-state index in [2.05, 4.69) is 27.7 Å². The van der Waals surface area contributed by atoms with Crippen LogP contribution in [0.25, 0.3) is 0 Å². The van der Waals surface area contributed by atoms with Crippen molar-refractivity contribution in [2.45, 2.75) is 66.9 Å². The molecule has 0 unspecified atom stereocenters. The number of carbonyl (C=O) groups excluding carboxylic acids is 1. The molecule has 96 valence electrons. The molecule has 0 saturated carbocycles. The molecule has 0 heterocycles. The van der Waals surface area contributed by atoms with Gasteiger partial charge in [-0.2, -0.15) is 4.89 Å². The summed E-state index contributed by atoms with van der Waals surface area (Å²) in [6.45, 7) is 14.0. The standard InChI is InChI=1S/C13H26O3/c1-10(2)8-13(6,7)9-11(14)15-16-12(3,4)5/h10H,8-9H2,1-7H3. The molecule has 0 saturated heterocycles. The Kier molecular flexibility index (Phi) is 5.47. The highest BCUT2D eigenvalue weighted by Crippen LogP contribution is 2.29. The van der Waals surface area contributed by atoms with Gasteiger partial charge in [0.25, 0.3) is 0 Å². The average Bonchev–Trinajstić information content (AvgIpc) is 1.95. The van der Waals surface area contributed by atoms with E-state index in [9.17, 15) is 4.79 Å². The van der Waals surface area contributed by atoms with E-state index in [1.807, 2.05) is 20.8 Å². The summed E-state index contributed by atoms with van der Waals surface area (Å²) in [4.78, 5) is 21.3. The molecule has 0 N–H and O–H groups in total. The van der Waals surface area contributed by atoms with Crippen LogP contribution in [0.1, 0.15) is 61.3 Å². The van der Waals surface area contributed by atoms with Crippen molar-refractivity contribution in [2.75, 3.05) is 0 Å². The van der Waals surface area contributed by atoms with Crippen molar-refractivity contribution in [3.63, 3.8) is 0 Å². The number of hydrogen-bond acceptors (Lipinski definition) is 3. The lowest BCUT2D eigenvalue weighted by Gasteiger charge is -2.26. The van der Waals surface area contributed by atoms with Gasteiger partial charge >= 0.3 is 5.97 Å². The summed E-state index contributed by atoms with van der Waals surface area (Å²) >= 11 is 0. The molecule has 0 rings (SSSR count). The number of hydrogen-bond donors (Lipinski definition) is 0. The molecule has 0 aliphatic carbocycles. The molecule has 3 nitrogen and oxygen atoms in total. The van der Waals surface area contributed by atoms with Gasteiger partial charge in [0.05, 0.1) is 6.42 Å². The smallest absolute Gasteiger partial charge is 0.298 e. The first-order chi connectivity index (χ1) is 7.02. The summed E-state index contributed by atoms with van der Waals surface area (Å²) in [6.07, 6.45) is 1.39.